The summed E-state index contributed by atoms with van der Waals surface area (Å²) in [5.74, 6) is 0. The van der Waals surface area contributed by atoms with Crippen molar-refractivity contribution < 1.29 is 23.1 Å². The number of aromatic nitrogens is 3. The Morgan fingerprint density at radius 2 is 1.30 bits per heavy atom. The lowest BCUT2D eigenvalue weighted by Crippen LogP contribution is -2.50. The van der Waals surface area contributed by atoms with Gasteiger partial charge in [0.15, 0.2) is 5.60 Å². The summed E-state index contributed by atoms with van der Waals surface area (Å²) in [5.41, 5.74) is -0.257. The summed E-state index contributed by atoms with van der Waals surface area (Å²) in [7, 11) is 0. The van der Waals surface area contributed by atoms with Crippen molar-refractivity contribution in [2.75, 3.05) is 31.1 Å². The predicted octanol–water partition coefficient (Wildman–Crippen LogP) is 4.37. The molecule has 0 aliphatic carbocycles. The second-order valence-electron chi connectivity index (χ2n) is 8.76. The first-order chi connectivity index (χ1) is 17.8. The third-order valence-corrected chi connectivity index (χ3v) is 6.53. The highest BCUT2D eigenvalue weighted by molar-refractivity contribution is 5.75. The second-order valence-corrected chi connectivity index (χ2v) is 8.76. The zero-order chi connectivity index (χ0) is 26.0. The zero-order valence-electron chi connectivity index (χ0n) is 19.7. The maximum Gasteiger partial charge on any atom is 0.416 e. The van der Waals surface area contributed by atoms with Gasteiger partial charge in [-0.1, -0.05) is 65.5 Å². The molecule has 1 amide bonds. The minimum Gasteiger partial charge on any atom is -0.374 e. The number of carbonyl (C=O) groups excluding carboxylic acids is 1. The first-order valence-corrected chi connectivity index (χ1v) is 11.7. The molecule has 1 saturated heterocycles. The molecule has 190 valence electrons. The number of alkyl halides is 3. The van der Waals surface area contributed by atoms with Crippen molar-refractivity contribution in [3.05, 3.63) is 114 Å². The molecule has 1 aliphatic rings. The van der Waals surface area contributed by atoms with Crippen LogP contribution in [0.4, 0.5) is 23.7 Å². The van der Waals surface area contributed by atoms with E-state index in [1.54, 1.807) is 29.2 Å². The average Bonchev–Trinajstić information content (AvgIpc) is 3.44. The smallest absolute Gasteiger partial charge is 0.374 e. The van der Waals surface area contributed by atoms with Gasteiger partial charge in [0.05, 0.1) is 11.8 Å². The molecule has 0 saturated carbocycles. The van der Waals surface area contributed by atoms with E-state index in [4.69, 9.17) is 0 Å². The Morgan fingerprint density at radius 3 is 1.81 bits per heavy atom. The minimum absolute atomic E-state index is 0.210. The number of amides is 1. The number of halogens is 3. The van der Waals surface area contributed by atoms with Gasteiger partial charge in [0, 0.05) is 31.9 Å². The number of piperazine rings is 1. The van der Waals surface area contributed by atoms with Crippen LogP contribution < -0.4 is 4.90 Å². The maximum atomic E-state index is 13.1. The van der Waals surface area contributed by atoms with E-state index in [9.17, 15) is 23.1 Å². The number of aliphatic hydroxyl groups is 1. The third-order valence-electron chi connectivity index (χ3n) is 6.53. The predicted molar refractivity (Wildman–Crippen MR) is 131 cm³/mol. The number of anilines is 1. The standard InChI is InChI=1S/C27H24F3N5O2/c28-27(29,30)22-11-13-23(14-12-22)33-15-17-34(18-16-33)25(36)35-31-19-24(32-35)26(37,20-7-3-1-4-8-20)21-9-5-2-6-10-21/h1-14,19,37H,15-18H2. The molecule has 1 fully saturated rings. The minimum atomic E-state index is -4.38. The van der Waals surface area contributed by atoms with Gasteiger partial charge < -0.3 is 14.9 Å². The topological polar surface area (TPSA) is 74.5 Å². The fraction of sp³-hybridized carbons (Fsp3) is 0.222. The molecule has 5 rings (SSSR count). The summed E-state index contributed by atoms with van der Waals surface area (Å²) in [6.07, 6.45) is -3.00. The Bertz CT molecular complexity index is 1310. The molecule has 1 aromatic heterocycles. The van der Waals surface area contributed by atoms with Crippen molar-refractivity contribution in [1.29, 1.82) is 0 Å². The van der Waals surface area contributed by atoms with Crippen LogP contribution in [0.25, 0.3) is 0 Å². The van der Waals surface area contributed by atoms with E-state index in [1.165, 1.54) is 18.3 Å². The van der Waals surface area contributed by atoms with E-state index < -0.39 is 23.4 Å². The third kappa shape index (κ3) is 4.79. The van der Waals surface area contributed by atoms with E-state index in [1.807, 2.05) is 41.3 Å². The van der Waals surface area contributed by atoms with E-state index in [0.717, 1.165) is 16.9 Å². The van der Waals surface area contributed by atoms with Crippen LogP contribution in [-0.4, -0.2) is 57.2 Å². The molecule has 0 atom stereocenters. The van der Waals surface area contributed by atoms with E-state index >= 15 is 0 Å². The van der Waals surface area contributed by atoms with Gasteiger partial charge in [-0.2, -0.15) is 18.3 Å². The summed E-state index contributed by atoms with van der Waals surface area (Å²) in [5, 5.41) is 20.4. The molecule has 1 aliphatic heterocycles. The Labute approximate surface area is 211 Å². The van der Waals surface area contributed by atoms with Crippen LogP contribution in [0, 0.1) is 0 Å². The Morgan fingerprint density at radius 1 is 0.757 bits per heavy atom. The quantitative estimate of drug-likeness (QED) is 0.444. The van der Waals surface area contributed by atoms with Crippen molar-refractivity contribution in [2.24, 2.45) is 0 Å². The number of hydrogen-bond acceptors (Lipinski definition) is 5. The number of rotatable bonds is 4. The Hall–Kier alpha value is -4.18. The molecule has 0 radical (unpaired) electrons. The monoisotopic (exact) mass is 507 g/mol. The summed E-state index contributed by atoms with van der Waals surface area (Å²) in [6.45, 7) is 1.59. The molecule has 4 aromatic rings. The highest BCUT2D eigenvalue weighted by Gasteiger charge is 2.37. The summed E-state index contributed by atoms with van der Waals surface area (Å²) < 4.78 is 38.5. The number of benzene rings is 3. The van der Waals surface area contributed by atoms with Crippen LogP contribution in [0.5, 0.6) is 0 Å². The van der Waals surface area contributed by atoms with Gasteiger partial charge in [-0.3, -0.25) is 0 Å². The van der Waals surface area contributed by atoms with E-state index in [2.05, 4.69) is 10.2 Å². The van der Waals surface area contributed by atoms with Gasteiger partial charge in [-0.05, 0) is 35.4 Å². The summed E-state index contributed by atoms with van der Waals surface area (Å²) >= 11 is 0. The average molecular weight is 508 g/mol. The van der Waals surface area contributed by atoms with E-state index in [0.29, 0.717) is 43.0 Å². The molecule has 0 bridgehead atoms. The number of hydrogen-bond donors (Lipinski definition) is 1. The number of nitrogens with zero attached hydrogens (tertiary/aromatic N) is 5. The van der Waals surface area contributed by atoms with Crippen LogP contribution in [0.15, 0.2) is 91.1 Å². The lowest BCUT2D eigenvalue weighted by molar-refractivity contribution is -0.137. The van der Waals surface area contributed by atoms with Gasteiger partial charge in [0.1, 0.15) is 5.69 Å². The summed E-state index contributed by atoms with van der Waals surface area (Å²) in [4.78, 5) is 17.6. The molecule has 0 spiro atoms. The molecule has 37 heavy (non-hydrogen) atoms. The Balaban J connectivity index is 1.32. The highest BCUT2D eigenvalue weighted by atomic mass is 19.4. The number of carbonyl (C=O) groups is 1. The molecule has 0 unspecified atom stereocenters. The fourth-order valence-corrected chi connectivity index (χ4v) is 4.49. The first-order valence-electron chi connectivity index (χ1n) is 11.7. The van der Waals surface area contributed by atoms with Gasteiger partial charge in [0.25, 0.3) is 0 Å². The van der Waals surface area contributed by atoms with Crippen LogP contribution in [0.2, 0.25) is 0 Å². The highest BCUT2D eigenvalue weighted by Crippen LogP contribution is 2.35. The largest absolute Gasteiger partial charge is 0.416 e. The molecule has 3 aromatic carbocycles. The first kappa shape index (κ1) is 24.5. The fourth-order valence-electron chi connectivity index (χ4n) is 4.49. The Kier molecular flexibility index (Phi) is 6.43. The van der Waals surface area contributed by atoms with Crippen LogP contribution >= 0.6 is 0 Å². The van der Waals surface area contributed by atoms with Crippen molar-refractivity contribution >= 4 is 11.7 Å². The van der Waals surface area contributed by atoms with Gasteiger partial charge in [-0.25, -0.2) is 4.79 Å². The van der Waals surface area contributed by atoms with Crippen LogP contribution in [-0.2, 0) is 11.8 Å². The normalized spacial score (nSPS) is 14.6. The molecular weight excluding hydrogens is 483 g/mol. The van der Waals surface area contributed by atoms with Crippen molar-refractivity contribution in [2.45, 2.75) is 11.8 Å². The zero-order valence-corrected chi connectivity index (χ0v) is 19.7. The van der Waals surface area contributed by atoms with E-state index in [-0.39, 0.29) is 5.69 Å². The van der Waals surface area contributed by atoms with Crippen molar-refractivity contribution in [1.82, 2.24) is 19.9 Å². The van der Waals surface area contributed by atoms with Crippen LogP contribution in [0.3, 0.4) is 0 Å². The van der Waals surface area contributed by atoms with Crippen molar-refractivity contribution in [3.8, 4) is 0 Å². The molecular formula is C27H24F3N5O2. The van der Waals surface area contributed by atoms with Crippen LogP contribution in [0.1, 0.15) is 22.4 Å². The van der Waals surface area contributed by atoms with Gasteiger partial charge in [-0.15, -0.1) is 5.10 Å². The molecule has 7 nitrogen and oxygen atoms in total. The maximum absolute atomic E-state index is 13.1. The molecule has 2 heterocycles. The second kappa shape index (κ2) is 9.70. The van der Waals surface area contributed by atoms with Gasteiger partial charge >= 0.3 is 12.2 Å². The molecule has 1 N–H and O–H groups in total. The lowest BCUT2D eigenvalue weighted by Gasteiger charge is -2.35. The lowest BCUT2D eigenvalue weighted by atomic mass is 9.84. The molecule has 10 heteroatoms. The van der Waals surface area contributed by atoms with Crippen molar-refractivity contribution in [3.63, 3.8) is 0 Å². The SMILES string of the molecule is O=C(N1CCN(c2ccc(C(F)(F)F)cc2)CC1)n1ncc(C(O)(c2ccccc2)c2ccccc2)n1. The summed E-state index contributed by atoms with van der Waals surface area (Å²) in [6, 6.07) is 22.6. The van der Waals surface area contributed by atoms with Gasteiger partial charge in [0.2, 0.25) is 0 Å².